The van der Waals surface area contributed by atoms with Gasteiger partial charge in [0.05, 0.1) is 6.04 Å². The minimum atomic E-state index is -4.00. The summed E-state index contributed by atoms with van der Waals surface area (Å²) in [6.45, 7) is 1.51. The number of rotatable bonds is 5. The van der Waals surface area contributed by atoms with E-state index in [1.54, 1.807) is 0 Å². The molecule has 2 heterocycles. The predicted octanol–water partition coefficient (Wildman–Crippen LogP) is 0.293. The number of carboxylic acid groups (broad SMARTS) is 1. The number of H-pyrrole nitrogens is 1. The summed E-state index contributed by atoms with van der Waals surface area (Å²) in [5, 5.41) is 21.6. The summed E-state index contributed by atoms with van der Waals surface area (Å²) in [5.74, 6) is -1.73. The Morgan fingerprint density at radius 2 is 2.30 bits per heavy atom. The van der Waals surface area contributed by atoms with E-state index in [2.05, 4.69) is 41.3 Å². The van der Waals surface area contributed by atoms with Crippen LogP contribution in [0.4, 0.5) is 0 Å². The molecule has 0 saturated carbocycles. The lowest BCUT2D eigenvalue weighted by atomic mass is 10.4. The Balaban J connectivity index is 2.29. The summed E-state index contributed by atoms with van der Waals surface area (Å²) in [7, 11) is -4.00. The van der Waals surface area contributed by atoms with Gasteiger partial charge in [-0.05, 0) is 22.9 Å². The van der Waals surface area contributed by atoms with Gasteiger partial charge in [0.1, 0.15) is 4.90 Å². The van der Waals surface area contributed by atoms with Gasteiger partial charge < -0.3 is 9.52 Å². The molecule has 2 aromatic heterocycles. The van der Waals surface area contributed by atoms with E-state index >= 15 is 0 Å². The summed E-state index contributed by atoms with van der Waals surface area (Å²) >= 11 is 2.86. The average molecular weight is 366 g/mol. The van der Waals surface area contributed by atoms with Crippen LogP contribution in [0.25, 0.3) is 0 Å². The van der Waals surface area contributed by atoms with Crippen LogP contribution < -0.4 is 4.72 Å². The van der Waals surface area contributed by atoms with Crippen molar-refractivity contribution < 1.29 is 22.7 Å². The lowest BCUT2D eigenvalue weighted by molar-refractivity contribution is 0.0661. The fraction of sp³-hybridized carbons (Fsp3) is 0.250. The van der Waals surface area contributed by atoms with E-state index in [1.165, 1.54) is 6.92 Å². The van der Waals surface area contributed by atoms with Gasteiger partial charge in [-0.25, -0.2) is 17.9 Å². The van der Waals surface area contributed by atoms with E-state index in [-0.39, 0.29) is 15.4 Å². The second-order valence-corrected chi connectivity index (χ2v) is 6.07. The summed E-state index contributed by atoms with van der Waals surface area (Å²) in [5.41, 5.74) is 0. The average Bonchev–Trinajstić information content (AvgIpc) is 2.96. The number of sulfonamides is 1. The predicted molar refractivity (Wildman–Crippen MR) is 66.3 cm³/mol. The number of nitrogens with one attached hydrogen (secondary N) is 2. The van der Waals surface area contributed by atoms with E-state index < -0.39 is 27.8 Å². The number of aromatic nitrogens is 4. The minimum Gasteiger partial charge on any atom is -0.475 e. The molecule has 0 saturated heterocycles. The van der Waals surface area contributed by atoms with Crippen molar-refractivity contribution in [1.82, 2.24) is 25.3 Å². The second-order valence-electron chi connectivity index (χ2n) is 3.67. The summed E-state index contributed by atoms with van der Waals surface area (Å²) in [6, 6.07) is 0.145. The molecule has 10 nitrogen and oxygen atoms in total. The number of furan rings is 1. The molecule has 0 aromatic carbocycles. The third-order valence-corrected chi connectivity index (χ3v) is 4.63. The molecule has 0 aliphatic heterocycles. The Morgan fingerprint density at radius 3 is 2.80 bits per heavy atom. The molecule has 0 fully saturated rings. The summed E-state index contributed by atoms with van der Waals surface area (Å²) in [6.07, 6.45) is 0. The number of halogens is 1. The molecule has 0 aliphatic carbocycles. The van der Waals surface area contributed by atoms with E-state index in [9.17, 15) is 13.2 Å². The van der Waals surface area contributed by atoms with Crippen LogP contribution in [-0.4, -0.2) is 40.1 Å². The molecule has 2 aromatic rings. The van der Waals surface area contributed by atoms with Gasteiger partial charge in [-0.1, -0.05) is 5.21 Å². The number of aromatic amines is 1. The number of hydrogen-bond acceptors (Lipinski definition) is 7. The highest BCUT2D eigenvalue weighted by molar-refractivity contribution is 9.10. The number of tetrazole rings is 1. The fourth-order valence-electron chi connectivity index (χ4n) is 1.34. The van der Waals surface area contributed by atoms with Crippen LogP contribution in [0.3, 0.4) is 0 Å². The molecule has 0 amide bonds. The lowest BCUT2D eigenvalue weighted by Gasteiger charge is -2.09. The molecule has 0 aliphatic rings. The topological polar surface area (TPSA) is 151 Å². The lowest BCUT2D eigenvalue weighted by Crippen LogP contribution is -2.27. The zero-order valence-electron chi connectivity index (χ0n) is 9.86. The first-order valence-corrected chi connectivity index (χ1v) is 7.37. The van der Waals surface area contributed by atoms with Crippen LogP contribution in [-0.2, 0) is 10.0 Å². The maximum absolute atomic E-state index is 12.1. The molecular formula is C8H8BrN5O5S. The van der Waals surface area contributed by atoms with Crippen LogP contribution in [0.15, 0.2) is 20.0 Å². The number of aromatic carboxylic acids is 1. The molecule has 3 N–H and O–H groups in total. The van der Waals surface area contributed by atoms with Gasteiger partial charge in [-0.3, -0.25) is 0 Å². The Bertz CT molecular complexity index is 725. The van der Waals surface area contributed by atoms with E-state index in [4.69, 9.17) is 9.52 Å². The highest BCUT2D eigenvalue weighted by Gasteiger charge is 2.27. The smallest absolute Gasteiger partial charge is 0.371 e. The zero-order valence-corrected chi connectivity index (χ0v) is 12.3. The third kappa shape index (κ3) is 2.86. The molecule has 0 radical (unpaired) electrons. The number of nitrogens with zero attached hydrogens (tertiary/aromatic N) is 3. The molecule has 12 heteroatoms. The monoisotopic (exact) mass is 365 g/mol. The van der Waals surface area contributed by atoms with Crippen molar-refractivity contribution in [3.63, 3.8) is 0 Å². The molecule has 108 valence electrons. The largest absolute Gasteiger partial charge is 0.475 e. The SMILES string of the molecule is CC(NS(=O)(=O)c1cc(C(=O)O)oc1Br)c1nn[nH]n1. The molecule has 1 unspecified atom stereocenters. The van der Waals surface area contributed by atoms with Crippen molar-refractivity contribution in [2.24, 2.45) is 0 Å². The van der Waals surface area contributed by atoms with Crippen LogP contribution >= 0.6 is 15.9 Å². The van der Waals surface area contributed by atoms with Crippen LogP contribution in [0.1, 0.15) is 29.3 Å². The normalized spacial score (nSPS) is 13.3. The van der Waals surface area contributed by atoms with Crippen molar-refractivity contribution in [2.45, 2.75) is 17.9 Å². The second kappa shape index (κ2) is 5.30. The van der Waals surface area contributed by atoms with Gasteiger partial charge in [0.25, 0.3) is 0 Å². The number of carbonyl (C=O) groups is 1. The molecule has 0 bridgehead atoms. The van der Waals surface area contributed by atoms with Crippen molar-refractivity contribution in [3.05, 3.63) is 22.3 Å². The first-order chi connectivity index (χ1) is 9.31. The van der Waals surface area contributed by atoms with Gasteiger partial charge in [-0.2, -0.15) is 5.21 Å². The highest BCUT2D eigenvalue weighted by Crippen LogP contribution is 2.27. The Labute approximate surface area is 120 Å². The molecule has 1 atom stereocenters. The van der Waals surface area contributed by atoms with E-state index in [1.807, 2.05) is 0 Å². The Hall–Kier alpha value is -1.79. The summed E-state index contributed by atoms with van der Waals surface area (Å²) < 4.78 is 31.1. The maximum atomic E-state index is 12.1. The molecule has 20 heavy (non-hydrogen) atoms. The highest BCUT2D eigenvalue weighted by atomic mass is 79.9. The van der Waals surface area contributed by atoms with Crippen molar-refractivity contribution >= 4 is 31.9 Å². The molecular weight excluding hydrogens is 358 g/mol. The van der Waals surface area contributed by atoms with E-state index in [0.29, 0.717) is 0 Å². The van der Waals surface area contributed by atoms with Crippen molar-refractivity contribution in [1.29, 1.82) is 0 Å². The fourth-order valence-corrected chi connectivity index (χ4v) is 3.48. The van der Waals surface area contributed by atoms with Gasteiger partial charge in [0.2, 0.25) is 15.8 Å². The molecule has 2 rings (SSSR count). The summed E-state index contributed by atoms with van der Waals surface area (Å²) in [4.78, 5) is 10.4. The van der Waals surface area contributed by atoms with E-state index in [0.717, 1.165) is 6.07 Å². The number of carboxylic acids is 1. The van der Waals surface area contributed by atoms with Gasteiger partial charge >= 0.3 is 5.97 Å². The Morgan fingerprint density at radius 1 is 1.60 bits per heavy atom. The first kappa shape index (κ1) is 14.6. The van der Waals surface area contributed by atoms with Gasteiger partial charge in [0, 0.05) is 6.07 Å². The number of hydrogen-bond donors (Lipinski definition) is 3. The quantitative estimate of drug-likeness (QED) is 0.683. The maximum Gasteiger partial charge on any atom is 0.371 e. The third-order valence-electron chi connectivity index (χ3n) is 2.24. The zero-order chi connectivity index (χ0) is 14.9. The first-order valence-electron chi connectivity index (χ1n) is 5.09. The van der Waals surface area contributed by atoms with Crippen molar-refractivity contribution in [3.8, 4) is 0 Å². The van der Waals surface area contributed by atoms with Crippen LogP contribution in [0.2, 0.25) is 0 Å². The van der Waals surface area contributed by atoms with Crippen LogP contribution in [0.5, 0.6) is 0 Å². The van der Waals surface area contributed by atoms with Gasteiger partial charge in [0.15, 0.2) is 10.5 Å². The molecule has 0 spiro atoms. The Kier molecular flexibility index (Phi) is 3.87. The minimum absolute atomic E-state index is 0.145. The van der Waals surface area contributed by atoms with Crippen LogP contribution in [0, 0.1) is 0 Å². The van der Waals surface area contributed by atoms with Gasteiger partial charge in [-0.15, -0.1) is 10.2 Å². The van der Waals surface area contributed by atoms with Crippen molar-refractivity contribution in [2.75, 3.05) is 0 Å². The standard InChI is InChI=1S/C8H8BrN5O5S/c1-3(7-10-13-14-11-7)12-20(17,18)5-2-4(8(15)16)19-6(5)9/h2-3,12H,1H3,(H,15,16)(H,10,11,13,14).